The lowest BCUT2D eigenvalue weighted by Gasteiger charge is -2.38. The maximum absolute atomic E-state index is 14.0. The number of anilines is 1. The third-order valence-corrected chi connectivity index (χ3v) is 5.52. The fourth-order valence-electron chi connectivity index (χ4n) is 3.67. The number of benzene rings is 1. The summed E-state index contributed by atoms with van der Waals surface area (Å²) in [7, 11) is 1.79. The highest BCUT2D eigenvalue weighted by Gasteiger charge is 2.59. The SMILES string of the molecule is CCCCN(C)C(=O)C1(C(=O)N2CCN(c3ccccc3F)CC2)CC1. The summed E-state index contributed by atoms with van der Waals surface area (Å²) in [5, 5.41) is 0. The zero-order valence-electron chi connectivity index (χ0n) is 15.7. The van der Waals surface area contributed by atoms with Crippen LogP contribution in [0.1, 0.15) is 32.6 Å². The highest BCUT2D eigenvalue weighted by Crippen LogP contribution is 2.48. The molecule has 0 radical (unpaired) electrons. The van der Waals surface area contributed by atoms with Crippen molar-refractivity contribution in [1.29, 1.82) is 0 Å². The molecule has 0 spiro atoms. The molecule has 0 atom stereocenters. The number of carbonyl (C=O) groups is 2. The van der Waals surface area contributed by atoms with Crippen LogP contribution in [0.3, 0.4) is 0 Å². The van der Waals surface area contributed by atoms with E-state index in [0.717, 1.165) is 12.8 Å². The molecule has 0 unspecified atom stereocenters. The Morgan fingerprint density at radius 1 is 1.15 bits per heavy atom. The van der Waals surface area contributed by atoms with Gasteiger partial charge in [0.25, 0.3) is 0 Å². The third kappa shape index (κ3) is 3.55. The van der Waals surface area contributed by atoms with Crippen LogP contribution in [0.2, 0.25) is 0 Å². The van der Waals surface area contributed by atoms with Gasteiger partial charge in [-0.1, -0.05) is 25.5 Å². The Morgan fingerprint density at radius 3 is 2.38 bits per heavy atom. The zero-order chi connectivity index (χ0) is 18.7. The van der Waals surface area contributed by atoms with Gasteiger partial charge >= 0.3 is 0 Å². The molecule has 2 fully saturated rings. The first-order valence-electron chi connectivity index (χ1n) is 9.54. The molecule has 2 amide bonds. The minimum atomic E-state index is -0.831. The fourth-order valence-corrected chi connectivity index (χ4v) is 3.67. The summed E-state index contributed by atoms with van der Waals surface area (Å²) >= 11 is 0. The topological polar surface area (TPSA) is 43.9 Å². The van der Waals surface area contributed by atoms with E-state index in [-0.39, 0.29) is 17.6 Å². The van der Waals surface area contributed by atoms with Crippen LogP contribution in [-0.2, 0) is 9.59 Å². The van der Waals surface area contributed by atoms with Crippen molar-refractivity contribution in [2.75, 3.05) is 44.7 Å². The standard InChI is InChI=1S/C20H28FN3O2/c1-3-4-11-22(2)18(25)20(9-10-20)19(26)24-14-12-23(13-15-24)17-8-6-5-7-16(17)21/h5-8H,3-4,9-15H2,1-2H3. The molecule has 3 rings (SSSR count). The van der Waals surface area contributed by atoms with Crippen LogP contribution in [0.25, 0.3) is 0 Å². The van der Waals surface area contributed by atoms with E-state index in [1.807, 2.05) is 11.0 Å². The molecule has 1 saturated heterocycles. The van der Waals surface area contributed by atoms with Crippen LogP contribution in [0, 0.1) is 11.2 Å². The average molecular weight is 361 g/mol. The maximum Gasteiger partial charge on any atom is 0.238 e. The molecule has 1 aromatic carbocycles. The van der Waals surface area contributed by atoms with Crippen LogP contribution >= 0.6 is 0 Å². The predicted molar refractivity (Wildman–Crippen MR) is 99.4 cm³/mol. The van der Waals surface area contributed by atoms with E-state index in [9.17, 15) is 14.0 Å². The Labute approximate surface area is 154 Å². The van der Waals surface area contributed by atoms with Crippen molar-refractivity contribution in [3.8, 4) is 0 Å². The number of nitrogens with zero attached hydrogens (tertiary/aromatic N) is 3. The molecule has 0 bridgehead atoms. The molecule has 1 aliphatic carbocycles. The molecule has 1 aliphatic heterocycles. The normalized spacial score (nSPS) is 18.6. The van der Waals surface area contributed by atoms with E-state index in [0.29, 0.717) is 51.3 Å². The van der Waals surface area contributed by atoms with E-state index in [1.165, 1.54) is 6.07 Å². The zero-order valence-corrected chi connectivity index (χ0v) is 15.7. The highest BCUT2D eigenvalue weighted by atomic mass is 19.1. The van der Waals surface area contributed by atoms with E-state index in [4.69, 9.17) is 0 Å². The van der Waals surface area contributed by atoms with Crippen molar-refractivity contribution in [3.05, 3.63) is 30.1 Å². The molecule has 26 heavy (non-hydrogen) atoms. The molecule has 142 valence electrons. The van der Waals surface area contributed by atoms with Crippen LogP contribution in [0.4, 0.5) is 10.1 Å². The molecule has 1 saturated carbocycles. The summed E-state index contributed by atoms with van der Waals surface area (Å²) in [5.74, 6) is -0.315. The van der Waals surface area contributed by atoms with Crippen molar-refractivity contribution >= 4 is 17.5 Å². The Kier molecular flexibility index (Phi) is 5.49. The number of unbranched alkanes of at least 4 members (excludes halogenated alkanes) is 1. The van der Waals surface area contributed by atoms with Crippen molar-refractivity contribution < 1.29 is 14.0 Å². The van der Waals surface area contributed by atoms with Gasteiger partial charge in [-0.25, -0.2) is 4.39 Å². The molecule has 0 N–H and O–H groups in total. The van der Waals surface area contributed by atoms with Gasteiger partial charge in [0.15, 0.2) is 0 Å². The number of hydrogen-bond acceptors (Lipinski definition) is 3. The van der Waals surface area contributed by atoms with Gasteiger partial charge in [-0.15, -0.1) is 0 Å². The summed E-state index contributed by atoms with van der Waals surface area (Å²) < 4.78 is 14.0. The predicted octanol–water partition coefficient (Wildman–Crippen LogP) is 2.51. The van der Waals surface area contributed by atoms with E-state index in [2.05, 4.69) is 6.92 Å². The Hall–Kier alpha value is -2.11. The number of piperazine rings is 1. The molecule has 6 heteroatoms. The third-order valence-electron chi connectivity index (χ3n) is 5.52. The largest absolute Gasteiger partial charge is 0.366 e. The van der Waals surface area contributed by atoms with Gasteiger partial charge < -0.3 is 14.7 Å². The summed E-state index contributed by atoms with van der Waals surface area (Å²) in [6.07, 6.45) is 3.27. The summed E-state index contributed by atoms with van der Waals surface area (Å²) in [4.78, 5) is 31.2. The van der Waals surface area contributed by atoms with Gasteiger partial charge in [0.05, 0.1) is 5.69 Å². The van der Waals surface area contributed by atoms with Gasteiger partial charge in [0.2, 0.25) is 11.8 Å². The van der Waals surface area contributed by atoms with Crippen molar-refractivity contribution in [3.63, 3.8) is 0 Å². The first-order valence-corrected chi connectivity index (χ1v) is 9.54. The van der Waals surface area contributed by atoms with Crippen molar-refractivity contribution in [1.82, 2.24) is 9.80 Å². The van der Waals surface area contributed by atoms with Crippen molar-refractivity contribution in [2.24, 2.45) is 5.41 Å². The number of para-hydroxylation sites is 1. The second kappa shape index (κ2) is 7.64. The minimum absolute atomic E-state index is 0.0347. The number of rotatable bonds is 6. The lowest BCUT2D eigenvalue weighted by molar-refractivity contribution is -0.149. The van der Waals surface area contributed by atoms with Crippen molar-refractivity contribution in [2.45, 2.75) is 32.6 Å². The van der Waals surface area contributed by atoms with Gasteiger partial charge in [0, 0.05) is 39.8 Å². The first-order chi connectivity index (χ1) is 12.5. The Morgan fingerprint density at radius 2 is 1.81 bits per heavy atom. The van der Waals surface area contributed by atoms with Crippen LogP contribution in [-0.4, -0.2) is 61.4 Å². The lowest BCUT2D eigenvalue weighted by atomic mass is 10.0. The number of halogens is 1. The summed E-state index contributed by atoms with van der Waals surface area (Å²) in [5.41, 5.74) is -0.251. The van der Waals surface area contributed by atoms with E-state index in [1.54, 1.807) is 29.0 Å². The van der Waals surface area contributed by atoms with Gasteiger partial charge in [-0.05, 0) is 31.4 Å². The molecular weight excluding hydrogens is 333 g/mol. The monoisotopic (exact) mass is 361 g/mol. The number of carbonyl (C=O) groups excluding carboxylic acids is 2. The number of hydrogen-bond donors (Lipinski definition) is 0. The van der Waals surface area contributed by atoms with Crippen LogP contribution in [0.15, 0.2) is 24.3 Å². The van der Waals surface area contributed by atoms with E-state index < -0.39 is 5.41 Å². The average Bonchev–Trinajstić information content (AvgIpc) is 3.47. The Bertz CT molecular complexity index is 667. The quantitative estimate of drug-likeness (QED) is 0.732. The van der Waals surface area contributed by atoms with Gasteiger partial charge in [-0.2, -0.15) is 0 Å². The highest BCUT2D eigenvalue weighted by molar-refractivity contribution is 6.07. The maximum atomic E-state index is 14.0. The van der Waals surface area contributed by atoms with E-state index >= 15 is 0 Å². The summed E-state index contributed by atoms with van der Waals surface area (Å²) in [6.45, 7) is 5.02. The molecule has 2 aliphatic rings. The molecule has 0 aromatic heterocycles. The summed E-state index contributed by atoms with van der Waals surface area (Å²) in [6, 6.07) is 6.72. The van der Waals surface area contributed by atoms with Crippen LogP contribution < -0.4 is 4.90 Å². The number of amides is 2. The lowest BCUT2D eigenvalue weighted by Crippen LogP contribution is -2.53. The first kappa shape index (κ1) is 18.7. The molecule has 5 nitrogen and oxygen atoms in total. The molecule has 1 aromatic rings. The molecular formula is C20H28FN3O2. The fraction of sp³-hybridized carbons (Fsp3) is 0.600. The van der Waals surface area contributed by atoms with Gasteiger partial charge in [-0.3, -0.25) is 9.59 Å². The second-order valence-electron chi connectivity index (χ2n) is 7.39. The minimum Gasteiger partial charge on any atom is -0.366 e. The Balaban J connectivity index is 1.60. The second-order valence-corrected chi connectivity index (χ2v) is 7.39. The smallest absolute Gasteiger partial charge is 0.238 e. The molecule has 1 heterocycles. The van der Waals surface area contributed by atoms with Gasteiger partial charge in [0.1, 0.15) is 11.2 Å². The van der Waals surface area contributed by atoms with Crippen LogP contribution in [0.5, 0.6) is 0 Å².